The molecule has 1 aliphatic heterocycles. The maximum atomic E-state index is 6.09. The Labute approximate surface area is 119 Å². The third-order valence-electron chi connectivity index (χ3n) is 4.79. The van der Waals surface area contributed by atoms with Crippen LogP contribution in [0.15, 0.2) is 34.9 Å². The fourth-order valence-electron chi connectivity index (χ4n) is 3.77. The highest BCUT2D eigenvalue weighted by atomic mass is 16.3. The largest absolute Gasteiger partial charge is 0.469 e. The van der Waals surface area contributed by atoms with E-state index >= 15 is 0 Å². The molecule has 0 saturated heterocycles. The number of benzene rings is 1. The second kappa shape index (κ2) is 4.67. The Kier molecular flexibility index (Phi) is 2.81. The molecule has 3 nitrogen and oxygen atoms in total. The zero-order valence-corrected chi connectivity index (χ0v) is 11.6. The van der Waals surface area contributed by atoms with Crippen LogP contribution in [0.25, 0.3) is 0 Å². The third kappa shape index (κ3) is 1.85. The van der Waals surface area contributed by atoms with Crippen molar-refractivity contribution in [2.45, 2.75) is 38.3 Å². The van der Waals surface area contributed by atoms with Gasteiger partial charge in [0, 0.05) is 36.8 Å². The van der Waals surface area contributed by atoms with Crippen LogP contribution in [-0.2, 0) is 19.4 Å². The van der Waals surface area contributed by atoms with Gasteiger partial charge in [0.25, 0.3) is 0 Å². The Morgan fingerprint density at radius 1 is 1.20 bits per heavy atom. The maximum absolute atomic E-state index is 6.09. The quantitative estimate of drug-likeness (QED) is 0.807. The fourth-order valence-corrected chi connectivity index (χ4v) is 3.77. The van der Waals surface area contributed by atoms with Crippen LogP contribution in [0.3, 0.4) is 0 Å². The molecule has 0 fully saturated rings. The highest BCUT2D eigenvalue weighted by Gasteiger charge is 2.30. The third-order valence-corrected chi connectivity index (χ3v) is 4.79. The van der Waals surface area contributed by atoms with Crippen LogP contribution in [-0.4, -0.2) is 11.4 Å². The van der Waals surface area contributed by atoms with Gasteiger partial charge in [-0.2, -0.15) is 0 Å². The topological polar surface area (TPSA) is 42.4 Å². The van der Waals surface area contributed by atoms with E-state index < -0.39 is 0 Å². The van der Waals surface area contributed by atoms with Gasteiger partial charge in [0.1, 0.15) is 5.76 Å². The molecular formula is C17H20N2O. The van der Waals surface area contributed by atoms with Crippen molar-refractivity contribution in [2.24, 2.45) is 0 Å². The highest BCUT2D eigenvalue weighted by Crippen LogP contribution is 2.38. The van der Waals surface area contributed by atoms with Gasteiger partial charge < -0.3 is 10.2 Å². The monoisotopic (exact) mass is 268 g/mol. The van der Waals surface area contributed by atoms with Crippen molar-refractivity contribution in [1.82, 2.24) is 4.90 Å². The molecule has 104 valence electrons. The molecule has 1 aromatic carbocycles. The lowest BCUT2D eigenvalue weighted by Gasteiger charge is -2.37. The lowest BCUT2D eigenvalue weighted by Crippen LogP contribution is -2.35. The van der Waals surface area contributed by atoms with Gasteiger partial charge in [0.15, 0.2) is 0 Å². The van der Waals surface area contributed by atoms with Crippen LogP contribution in [0.4, 0.5) is 5.69 Å². The molecule has 2 N–H and O–H groups in total. The molecule has 0 amide bonds. The van der Waals surface area contributed by atoms with Crippen molar-refractivity contribution in [3.8, 4) is 0 Å². The number of rotatable bonds is 1. The summed E-state index contributed by atoms with van der Waals surface area (Å²) in [5.74, 6) is 1.19. The number of fused-ring (bicyclic) bond motifs is 2. The van der Waals surface area contributed by atoms with Gasteiger partial charge in [-0.25, -0.2) is 0 Å². The number of aryl methyl sites for hydroxylation is 1. The highest BCUT2D eigenvalue weighted by molar-refractivity contribution is 5.52. The van der Waals surface area contributed by atoms with Crippen molar-refractivity contribution in [1.29, 1.82) is 0 Å². The summed E-state index contributed by atoms with van der Waals surface area (Å²) in [5, 5.41) is 0. The smallest absolute Gasteiger partial charge is 0.108 e. The molecule has 2 aromatic rings. The number of anilines is 1. The molecule has 1 atom stereocenters. The molecule has 1 aliphatic carbocycles. The summed E-state index contributed by atoms with van der Waals surface area (Å²) in [6, 6.07) is 8.99. The van der Waals surface area contributed by atoms with Crippen LogP contribution in [0.2, 0.25) is 0 Å². The molecule has 0 saturated carbocycles. The Morgan fingerprint density at radius 2 is 2.15 bits per heavy atom. The van der Waals surface area contributed by atoms with Gasteiger partial charge in [-0.15, -0.1) is 0 Å². The molecule has 0 spiro atoms. The maximum Gasteiger partial charge on any atom is 0.108 e. The van der Waals surface area contributed by atoms with Gasteiger partial charge in [-0.1, -0.05) is 12.1 Å². The molecule has 0 bridgehead atoms. The summed E-state index contributed by atoms with van der Waals surface area (Å²) in [4.78, 5) is 2.59. The van der Waals surface area contributed by atoms with Gasteiger partial charge in [0.2, 0.25) is 0 Å². The van der Waals surface area contributed by atoms with Gasteiger partial charge in [-0.3, -0.25) is 4.90 Å². The first-order valence-corrected chi connectivity index (χ1v) is 7.49. The molecule has 1 aromatic heterocycles. The number of nitrogen functional groups attached to an aromatic ring is 1. The van der Waals surface area contributed by atoms with E-state index in [-0.39, 0.29) is 0 Å². The second-order valence-corrected chi connectivity index (χ2v) is 5.91. The van der Waals surface area contributed by atoms with Gasteiger partial charge in [-0.05, 0) is 42.5 Å². The molecule has 2 heterocycles. The standard InChI is InChI=1S/C17H20N2O/c18-15-4-1-3-12-11-19(9-7-13(12)15)16-5-2-6-17-14(16)8-10-20-17/h1,3-4,8,10,16H,2,5-7,9,11,18H2. The van der Waals surface area contributed by atoms with Gasteiger partial charge in [0.05, 0.1) is 6.26 Å². The normalized spacial score (nSPS) is 22.3. The van der Waals surface area contributed by atoms with E-state index in [2.05, 4.69) is 23.1 Å². The summed E-state index contributed by atoms with van der Waals surface area (Å²) >= 11 is 0. The molecule has 0 radical (unpaired) electrons. The fraction of sp³-hybridized carbons (Fsp3) is 0.412. The van der Waals surface area contributed by atoms with Crippen LogP contribution in [0, 0.1) is 0 Å². The van der Waals surface area contributed by atoms with Crippen LogP contribution < -0.4 is 5.73 Å². The van der Waals surface area contributed by atoms with E-state index in [4.69, 9.17) is 10.2 Å². The molecule has 4 rings (SSSR count). The first-order chi connectivity index (χ1) is 9.83. The minimum atomic E-state index is 0.520. The summed E-state index contributed by atoms with van der Waals surface area (Å²) < 4.78 is 5.62. The molecule has 3 heteroatoms. The lowest BCUT2D eigenvalue weighted by molar-refractivity contribution is 0.159. The van der Waals surface area contributed by atoms with E-state index in [1.807, 2.05) is 12.3 Å². The number of hydrogen-bond acceptors (Lipinski definition) is 3. The Bertz CT molecular complexity index is 632. The van der Waals surface area contributed by atoms with E-state index in [9.17, 15) is 0 Å². The summed E-state index contributed by atoms with van der Waals surface area (Å²) in [6.45, 7) is 2.10. The zero-order chi connectivity index (χ0) is 13.5. The van der Waals surface area contributed by atoms with Crippen LogP contribution >= 0.6 is 0 Å². The second-order valence-electron chi connectivity index (χ2n) is 5.91. The Morgan fingerprint density at radius 3 is 3.10 bits per heavy atom. The first-order valence-electron chi connectivity index (χ1n) is 7.49. The average molecular weight is 268 g/mol. The number of nitrogens with zero attached hydrogens (tertiary/aromatic N) is 1. The van der Waals surface area contributed by atoms with Crippen LogP contribution in [0.1, 0.15) is 41.3 Å². The summed E-state index contributed by atoms with van der Waals surface area (Å²) in [6.07, 6.45) is 6.47. The predicted molar refractivity (Wildman–Crippen MR) is 79.4 cm³/mol. The molecule has 1 unspecified atom stereocenters. The lowest BCUT2D eigenvalue weighted by atomic mass is 9.89. The van der Waals surface area contributed by atoms with Crippen molar-refractivity contribution in [3.05, 3.63) is 53.0 Å². The van der Waals surface area contributed by atoms with E-state index in [0.29, 0.717) is 6.04 Å². The van der Waals surface area contributed by atoms with Crippen molar-refractivity contribution >= 4 is 5.69 Å². The van der Waals surface area contributed by atoms with Crippen molar-refractivity contribution < 1.29 is 4.42 Å². The molecular weight excluding hydrogens is 248 g/mol. The Balaban J connectivity index is 1.64. The molecule has 20 heavy (non-hydrogen) atoms. The number of furan rings is 1. The predicted octanol–water partition coefficient (Wildman–Crippen LogP) is 3.30. The number of nitrogens with two attached hydrogens (primary N) is 1. The number of hydrogen-bond donors (Lipinski definition) is 1. The minimum Gasteiger partial charge on any atom is -0.469 e. The summed E-state index contributed by atoms with van der Waals surface area (Å²) in [7, 11) is 0. The average Bonchev–Trinajstić information content (AvgIpc) is 2.95. The first kappa shape index (κ1) is 12.0. The Hall–Kier alpha value is -1.74. The van der Waals surface area contributed by atoms with Crippen molar-refractivity contribution in [3.63, 3.8) is 0 Å². The SMILES string of the molecule is Nc1cccc2c1CCN(C1CCCc3occc31)C2. The van der Waals surface area contributed by atoms with Gasteiger partial charge >= 0.3 is 0 Å². The van der Waals surface area contributed by atoms with Crippen LogP contribution in [0.5, 0.6) is 0 Å². The zero-order valence-electron chi connectivity index (χ0n) is 11.6. The minimum absolute atomic E-state index is 0.520. The summed E-state index contributed by atoms with van der Waals surface area (Å²) in [5.41, 5.74) is 11.2. The molecule has 2 aliphatic rings. The van der Waals surface area contributed by atoms with E-state index in [1.54, 1.807) is 0 Å². The van der Waals surface area contributed by atoms with E-state index in [1.165, 1.54) is 35.3 Å². The van der Waals surface area contributed by atoms with Crippen molar-refractivity contribution in [2.75, 3.05) is 12.3 Å². The van der Waals surface area contributed by atoms with E-state index in [0.717, 1.165) is 31.6 Å².